The number of rotatable bonds is 5. The zero-order chi connectivity index (χ0) is 19.2. The van der Waals surface area contributed by atoms with E-state index in [1.165, 1.54) is 64.2 Å². The zero-order valence-electron chi connectivity index (χ0n) is 18.6. The first-order chi connectivity index (χ1) is 12.9. The first-order valence-electron chi connectivity index (χ1n) is 11.9. The average molecular weight is 367 g/mol. The molecule has 0 amide bonds. The van der Waals surface area contributed by atoms with Gasteiger partial charge in [-0.25, -0.2) is 0 Å². The Morgan fingerprint density at radius 3 is 2.59 bits per heavy atom. The minimum absolute atomic E-state index is 0.462. The number of hydrogen-bond acceptors (Lipinski definition) is 0. The van der Waals surface area contributed by atoms with Crippen molar-refractivity contribution in [1.82, 2.24) is 0 Å². The summed E-state index contributed by atoms with van der Waals surface area (Å²) in [7, 11) is 0. The van der Waals surface area contributed by atoms with Gasteiger partial charge in [0.2, 0.25) is 0 Å². The molecule has 0 nitrogen and oxygen atoms in total. The standard InChI is InChI=1S/C27H42/c1-19(2)9-8-10-20(3)23-14-15-24-22-13-12-21-11-6-7-17-26(21,4)25(22)16-18-27(23,24)5/h6-7,15,19-21,23H,8-14,16-18H2,1-5H3/t20-,21?,23-,26+,27-/m1/s1. The number of hydrogen-bond donors (Lipinski definition) is 0. The quantitative estimate of drug-likeness (QED) is 0.429. The van der Waals surface area contributed by atoms with Crippen LogP contribution in [0.15, 0.2) is 34.9 Å². The predicted molar refractivity (Wildman–Crippen MR) is 118 cm³/mol. The summed E-state index contributed by atoms with van der Waals surface area (Å²) in [6.07, 6.45) is 21.4. The first kappa shape index (κ1) is 19.5. The van der Waals surface area contributed by atoms with Crippen molar-refractivity contribution in [2.45, 2.75) is 98.8 Å². The highest BCUT2D eigenvalue weighted by Crippen LogP contribution is 2.63. The normalized spacial score (nSPS) is 39.1. The topological polar surface area (TPSA) is 0 Å². The van der Waals surface area contributed by atoms with Gasteiger partial charge >= 0.3 is 0 Å². The molecule has 0 heterocycles. The van der Waals surface area contributed by atoms with Crippen molar-refractivity contribution in [2.24, 2.45) is 34.5 Å². The van der Waals surface area contributed by atoms with Crippen LogP contribution in [0.3, 0.4) is 0 Å². The van der Waals surface area contributed by atoms with E-state index in [-0.39, 0.29) is 0 Å². The van der Waals surface area contributed by atoms with Crippen LogP contribution in [0.2, 0.25) is 0 Å². The Morgan fingerprint density at radius 1 is 1.00 bits per heavy atom. The van der Waals surface area contributed by atoms with E-state index < -0.39 is 0 Å². The molecule has 0 radical (unpaired) electrons. The summed E-state index contributed by atoms with van der Waals surface area (Å²) >= 11 is 0. The molecular formula is C27H42. The number of allylic oxidation sites excluding steroid dienone is 6. The Bertz CT molecular complexity index is 660. The van der Waals surface area contributed by atoms with Gasteiger partial charge in [0.1, 0.15) is 0 Å². The van der Waals surface area contributed by atoms with Crippen molar-refractivity contribution in [3.8, 4) is 0 Å². The third kappa shape index (κ3) is 3.20. The second-order valence-corrected chi connectivity index (χ2v) is 11.2. The number of fused-ring (bicyclic) bond motifs is 4. The predicted octanol–water partition coefficient (Wildman–Crippen LogP) is 8.26. The average Bonchev–Trinajstić information content (AvgIpc) is 2.98. The van der Waals surface area contributed by atoms with Crippen molar-refractivity contribution in [3.05, 3.63) is 34.9 Å². The largest absolute Gasteiger partial charge is 0.0882 e. The molecule has 0 heteroatoms. The van der Waals surface area contributed by atoms with Gasteiger partial charge in [0.15, 0.2) is 0 Å². The summed E-state index contributed by atoms with van der Waals surface area (Å²) in [5.74, 6) is 3.51. The molecule has 27 heavy (non-hydrogen) atoms. The molecule has 0 fully saturated rings. The maximum absolute atomic E-state index is 2.69. The molecule has 4 aliphatic carbocycles. The molecule has 150 valence electrons. The van der Waals surface area contributed by atoms with Gasteiger partial charge in [-0.1, -0.05) is 77.7 Å². The zero-order valence-corrected chi connectivity index (χ0v) is 18.6. The van der Waals surface area contributed by atoms with E-state index in [1.54, 1.807) is 5.57 Å². The van der Waals surface area contributed by atoms with Crippen LogP contribution >= 0.6 is 0 Å². The Balaban J connectivity index is 1.55. The van der Waals surface area contributed by atoms with Gasteiger partial charge in [-0.2, -0.15) is 0 Å². The van der Waals surface area contributed by atoms with Crippen LogP contribution in [-0.2, 0) is 0 Å². The minimum Gasteiger partial charge on any atom is -0.0882 e. The van der Waals surface area contributed by atoms with Gasteiger partial charge in [-0.05, 0) is 90.6 Å². The first-order valence-corrected chi connectivity index (χ1v) is 11.9. The molecule has 0 spiro atoms. The smallest absolute Gasteiger partial charge is 0.00389 e. The van der Waals surface area contributed by atoms with Crippen LogP contribution in [0.25, 0.3) is 0 Å². The Morgan fingerprint density at radius 2 is 1.81 bits per heavy atom. The third-order valence-corrected chi connectivity index (χ3v) is 9.18. The summed E-state index contributed by atoms with van der Waals surface area (Å²) < 4.78 is 0. The van der Waals surface area contributed by atoms with E-state index in [1.807, 2.05) is 11.1 Å². The van der Waals surface area contributed by atoms with Crippen molar-refractivity contribution >= 4 is 0 Å². The molecule has 0 aromatic carbocycles. The molecule has 0 bridgehead atoms. The van der Waals surface area contributed by atoms with E-state index in [9.17, 15) is 0 Å². The van der Waals surface area contributed by atoms with E-state index in [4.69, 9.17) is 0 Å². The molecule has 0 saturated heterocycles. The van der Waals surface area contributed by atoms with Crippen molar-refractivity contribution < 1.29 is 0 Å². The van der Waals surface area contributed by atoms with Crippen molar-refractivity contribution in [1.29, 1.82) is 0 Å². The molecule has 0 aliphatic heterocycles. The van der Waals surface area contributed by atoms with Gasteiger partial charge < -0.3 is 0 Å². The fraction of sp³-hybridized carbons (Fsp3) is 0.778. The van der Waals surface area contributed by atoms with Crippen LogP contribution < -0.4 is 0 Å². The van der Waals surface area contributed by atoms with Crippen LogP contribution in [0.5, 0.6) is 0 Å². The highest BCUT2D eigenvalue weighted by atomic mass is 14.6. The molecule has 4 rings (SSSR count). The van der Waals surface area contributed by atoms with Crippen LogP contribution in [0, 0.1) is 34.5 Å². The van der Waals surface area contributed by atoms with Gasteiger partial charge in [0, 0.05) is 0 Å². The molecular weight excluding hydrogens is 324 g/mol. The fourth-order valence-electron chi connectivity index (χ4n) is 7.39. The Hall–Kier alpha value is -0.780. The van der Waals surface area contributed by atoms with Crippen molar-refractivity contribution in [2.75, 3.05) is 0 Å². The lowest BCUT2D eigenvalue weighted by Crippen LogP contribution is -2.41. The molecule has 0 N–H and O–H groups in total. The lowest BCUT2D eigenvalue weighted by atomic mass is 9.52. The van der Waals surface area contributed by atoms with Crippen molar-refractivity contribution in [3.63, 3.8) is 0 Å². The second kappa shape index (κ2) is 7.23. The SMILES string of the molecule is CC(C)CCC[C@@H](C)[C@H]1CC=C2C3=C(CC[C@@]21C)[C@@]1(C)CC=CCC1CC3. The van der Waals surface area contributed by atoms with Gasteiger partial charge in [0.05, 0.1) is 0 Å². The lowest BCUT2D eigenvalue weighted by Gasteiger charge is -2.52. The monoisotopic (exact) mass is 366 g/mol. The highest BCUT2D eigenvalue weighted by molar-refractivity contribution is 5.49. The summed E-state index contributed by atoms with van der Waals surface area (Å²) in [5, 5.41) is 0. The third-order valence-electron chi connectivity index (χ3n) is 9.18. The molecule has 0 aromatic heterocycles. The van der Waals surface area contributed by atoms with Gasteiger partial charge in [-0.15, -0.1) is 0 Å². The fourth-order valence-corrected chi connectivity index (χ4v) is 7.39. The van der Waals surface area contributed by atoms with E-state index in [2.05, 4.69) is 52.8 Å². The summed E-state index contributed by atoms with van der Waals surface area (Å²) in [5.41, 5.74) is 6.43. The lowest BCUT2D eigenvalue weighted by molar-refractivity contribution is 0.135. The Labute approximate surface area is 168 Å². The maximum atomic E-state index is 2.69. The molecule has 0 aromatic rings. The van der Waals surface area contributed by atoms with Crippen LogP contribution in [0.4, 0.5) is 0 Å². The summed E-state index contributed by atoms with van der Waals surface area (Å²) in [6.45, 7) is 12.5. The molecule has 5 atom stereocenters. The van der Waals surface area contributed by atoms with Gasteiger partial charge in [0.25, 0.3) is 0 Å². The highest BCUT2D eigenvalue weighted by Gasteiger charge is 2.51. The summed E-state index contributed by atoms with van der Waals surface area (Å²) in [4.78, 5) is 0. The van der Waals surface area contributed by atoms with E-state index in [0.29, 0.717) is 10.8 Å². The maximum Gasteiger partial charge on any atom is -0.00389 e. The Kier molecular flexibility index (Phi) is 5.23. The minimum atomic E-state index is 0.462. The summed E-state index contributed by atoms with van der Waals surface area (Å²) in [6, 6.07) is 0. The van der Waals surface area contributed by atoms with Crippen LogP contribution in [-0.4, -0.2) is 0 Å². The molecule has 0 saturated carbocycles. The van der Waals surface area contributed by atoms with E-state index >= 15 is 0 Å². The molecule has 1 unspecified atom stereocenters. The van der Waals surface area contributed by atoms with Crippen LogP contribution in [0.1, 0.15) is 98.8 Å². The van der Waals surface area contributed by atoms with E-state index in [0.717, 1.165) is 23.7 Å². The van der Waals surface area contributed by atoms with Gasteiger partial charge in [-0.3, -0.25) is 0 Å². The molecule has 4 aliphatic rings. The second-order valence-electron chi connectivity index (χ2n) is 11.2.